The number of amides is 2. The van der Waals surface area contributed by atoms with Gasteiger partial charge in [0.15, 0.2) is 0 Å². The number of hydrogen-bond donors (Lipinski definition) is 2. The number of anilines is 1. The lowest BCUT2D eigenvalue weighted by atomic mass is 9.92. The van der Waals surface area contributed by atoms with E-state index in [1.807, 2.05) is 32.4 Å². The molecule has 0 spiro atoms. The molecule has 1 aromatic heterocycles. The summed E-state index contributed by atoms with van der Waals surface area (Å²) in [5.74, 6) is -0.553. The van der Waals surface area contributed by atoms with Crippen molar-refractivity contribution in [2.75, 3.05) is 5.32 Å². The average molecular weight is 394 g/mol. The zero-order valence-corrected chi connectivity index (χ0v) is 16.7. The van der Waals surface area contributed by atoms with E-state index in [0.717, 1.165) is 6.20 Å². The molecule has 0 aliphatic rings. The maximum Gasteiger partial charge on any atom is 0.333 e. The Morgan fingerprint density at radius 3 is 2.15 bits per heavy atom. The van der Waals surface area contributed by atoms with Crippen LogP contribution in [0.2, 0.25) is 0 Å². The van der Waals surface area contributed by atoms with Gasteiger partial charge in [0.05, 0.1) is 11.9 Å². The van der Waals surface area contributed by atoms with E-state index < -0.39 is 21.9 Å². The van der Waals surface area contributed by atoms with Crippen molar-refractivity contribution in [1.82, 2.24) is 14.7 Å². The molecule has 1 aromatic carbocycles. The van der Waals surface area contributed by atoms with Gasteiger partial charge in [-0.25, -0.2) is 32.3 Å². The largest absolute Gasteiger partial charge is 0.333 e. The lowest BCUT2D eigenvalue weighted by Gasteiger charge is -2.20. The molecule has 2 N–H and O–H groups in total. The maximum absolute atomic E-state index is 14.0. The number of hydrogen-bond acceptors (Lipinski definition) is 5. The van der Waals surface area contributed by atoms with E-state index in [-0.39, 0.29) is 22.4 Å². The Hall–Kier alpha value is -2.55. The monoisotopic (exact) mass is 394 g/mol. The highest BCUT2D eigenvalue weighted by Gasteiger charge is 2.23. The molecule has 0 saturated carbocycles. The number of carbonyl (C=O) groups excluding carboxylic acids is 1. The number of halogens is 1. The van der Waals surface area contributed by atoms with Crippen LogP contribution in [0.15, 0.2) is 29.6 Å². The second-order valence-corrected chi connectivity index (χ2v) is 8.45. The summed E-state index contributed by atoms with van der Waals surface area (Å²) < 4.78 is 40.8. The summed E-state index contributed by atoms with van der Waals surface area (Å²) in [6, 6.07) is 1.75. The number of rotatable bonds is 5. The molecule has 2 rings (SSSR count). The first kappa shape index (κ1) is 20.8. The summed E-state index contributed by atoms with van der Waals surface area (Å²) in [7, 11) is -4.15. The Balaban J connectivity index is 2.37. The molecule has 0 aliphatic carbocycles. The predicted molar refractivity (Wildman–Crippen MR) is 101 cm³/mol. The van der Waals surface area contributed by atoms with Crippen LogP contribution in [-0.2, 0) is 10.0 Å². The van der Waals surface area contributed by atoms with Crippen molar-refractivity contribution < 1.29 is 17.6 Å². The topological polar surface area (TPSA) is 101 Å². The van der Waals surface area contributed by atoms with Crippen molar-refractivity contribution in [3.8, 4) is 0 Å². The van der Waals surface area contributed by atoms with Gasteiger partial charge in [-0.2, -0.15) is 0 Å². The van der Waals surface area contributed by atoms with Crippen LogP contribution in [0.3, 0.4) is 0 Å². The lowest BCUT2D eigenvalue weighted by Crippen LogP contribution is -2.35. The van der Waals surface area contributed by atoms with Gasteiger partial charge in [0.1, 0.15) is 17.0 Å². The van der Waals surface area contributed by atoms with Gasteiger partial charge < -0.3 is 5.32 Å². The average Bonchev–Trinajstić information content (AvgIpc) is 2.55. The second-order valence-electron chi connectivity index (χ2n) is 6.80. The number of aromatic nitrogens is 2. The molecule has 0 atom stereocenters. The van der Waals surface area contributed by atoms with Crippen molar-refractivity contribution in [2.45, 2.75) is 51.3 Å². The fraction of sp³-hybridized carbons (Fsp3) is 0.389. The first-order valence-corrected chi connectivity index (χ1v) is 9.95. The van der Waals surface area contributed by atoms with Crippen LogP contribution in [0, 0.1) is 12.7 Å². The second kappa shape index (κ2) is 7.99. The Morgan fingerprint density at radius 1 is 1.11 bits per heavy atom. The Kier molecular flexibility index (Phi) is 6.15. The van der Waals surface area contributed by atoms with Gasteiger partial charge in [-0.3, -0.25) is 0 Å². The molecule has 0 radical (unpaired) electrons. The van der Waals surface area contributed by atoms with E-state index in [0.29, 0.717) is 16.8 Å². The van der Waals surface area contributed by atoms with Gasteiger partial charge in [-0.05, 0) is 42.0 Å². The molecule has 146 valence electrons. The third kappa shape index (κ3) is 4.79. The zero-order valence-electron chi connectivity index (χ0n) is 15.9. The van der Waals surface area contributed by atoms with E-state index in [1.165, 1.54) is 25.4 Å². The normalized spacial score (nSPS) is 11.7. The molecule has 2 aromatic rings. The van der Waals surface area contributed by atoms with Gasteiger partial charge in [0, 0.05) is 5.69 Å². The Morgan fingerprint density at radius 2 is 1.67 bits per heavy atom. The number of aryl methyl sites for hydroxylation is 1. The van der Waals surface area contributed by atoms with Crippen molar-refractivity contribution >= 4 is 21.7 Å². The molecular weight excluding hydrogens is 371 g/mol. The van der Waals surface area contributed by atoms with Crippen molar-refractivity contribution in [3.05, 3.63) is 47.3 Å². The number of urea groups is 1. The van der Waals surface area contributed by atoms with Gasteiger partial charge >= 0.3 is 6.03 Å². The molecule has 0 bridgehead atoms. The molecule has 0 fully saturated rings. The number of benzene rings is 1. The van der Waals surface area contributed by atoms with Crippen LogP contribution in [0.5, 0.6) is 0 Å². The Labute approximate surface area is 158 Å². The summed E-state index contributed by atoms with van der Waals surface area (Å²) in [6.07, 6.45) is 2.34. The highest BCUT2D eigenvalue weighted by atomic mass is 32.2. The minimum Gasteiger partial charge on any atom is -0.307 e. The first-order valence-electron chi connectivity index (χ1n) is 8.46. The standard InChI is InChI=1S/C18H23FN4O3S/c1-10(2)14-6-13(19)7-15(11(3)4)17(14)22-18(24)23-27(25,26)16-8-20-9-21-12(16)5/h6-11H,1-5H3,(H2,22,23,24). The molecular formula is C18H23FN4O3S. The van der Waals surface area contributed by atoms with E-state index in [1.54, 1.807) is 0 Å². The predicted octanol–water partition coefficient (Wildman–Crippen LogP) is 3.68. The minimum absolute atomic E-state index is 0.0742. The molecule has 7 nitrogen and oxygen atoms in total. The third-order valence-electron chi connectivity index (χ3n) is 4.03. The summed E-state index contributed by atoms with van der Waals surface area (Å²) in [5.41, 5.74) is 1.81. The Bertz CT molecular complexity index is 930. The fourth-order valence-electron chi connectivity index (χ4n) is 2.66. The van der Waals surface area contributed by atoms with E-state index in [9.17, 15) is 17.6 Å². The van der Waals surface area contributed by atoms with Gasteiger partial charge in [-0.1, -0.05) is 27.7 Å². The molecule has 0 aliphatic heterocycles. The summed E-state index contributed by atoms with van der Waals surface area (Å²) in [6.45, 7) is 8.96. The van der Waals surface area contributed by atoms with Crippen LogP contribution in [-0.4, -0.2) is 24.4 Å². The van der Waals surface area contributed by atoms with Crippen LogP contribution in [0.25, 0.3) is 0 Å². The molecule has 2 amide bonds. The van der Waals surface area contributed by atoms with Crippen LogP contribution in [0.4, 0.5) is 14.9 Å². The smallest absolute Gasteiger partial charge is 0.307 e. The third-order valence-corrected chi connectivity index (χ3v) is 5.46. The van der Waals surface area contributed by atoms with E-state index in [2.05, 4.69) is 15.3 Å². The number of nitrogens with one attached hydrogen (secondary N) is 2. The van der Waals surface area contributed by atoms with E-state index >= 15 is 0 Å². The molecule has 9 heteroatoms. The first-order chi connectivity index (χ1) is 12.5. The SMILES string of the molecule is Cc1ncncc1S(=O)(=O)NC(=O)Nc1c(C(C)C)cc(F)cc1C(C)C. The molecule has 27 heavy (non-hydrogen) atoms. The minimum atomic E-state index is -4.15. The van der Waals surface area contributed by atoms with Gasteiger partial charge in [-0.15, -0.1) is 0 Å². The van der Waals surface area contributed by atoms with Crippen LogP contribution >= 0.6 is 0 Å². The molecule has 0 unspecified atom stereocenters. The quantitative estimate of drug-likeness (QED) is 0.805. The van der Waals surface area contributed by atoms with Crippen molar-refractivity contribution in [2.24, 2.45) is 0 Å². The number of nitrogens with zero attached hydrogens (tertiary/aromatic N) is 2. The highest BCUT2D eigenvalue weighted by Crippen LogP contribution is 2.33. The van der Waals surface area contributed by atoms with Crippen molar-refractivity contribution in [3.63, 3.8) is 0 Å². The summed E-state index contributed by atoms with van der Waals surface area (Å²) >= 11 is 0. The van der Waals surface area contributed by atoms with Gasteiger partial charge in [0.25, 0.3) is 10.0 Å². The zero-order chi connectivity index (χ0) is 20.4. The summed E-state index contributed by atoms with van der Waals surface area (Å²) in [4.78, 5) is 19.7. The highest BCUT2D eigenvalue weighted by molar-refractivity contribution is 7.90. The number of carbonyl (C=O) groups is 1. The van der Waals surface area contributed by atoms with E-state index in [4.69, 9.17) is 0 Å². The van der Waals surface area contributed by atoms with Gasteiger partial charge in [0.2, 0.25) is 0 Å². The van der Waals surface area contributed by atoms with Crippen molar-refractivity contribution in [1.29, 1.82) is 0 Å². The molecule has 0 saturated heterocycles. The molecule has 1 heterocycles. The summed E-state index contributed by atoms with van der Waals surface area (Å²) in [5, 5.41) is 2.58. The van der Waals surface area contributed by atoms with Crippen LogP contribution < -0.4 is 10.0 Å². The lowest BCUT2D eigenvalue weighted by molar-refractivity contribution is 0.256. The maximum atomic E-state index is 14.0. The van der Waals surface area contributed by atoms with Crippen LogP contribution in [0.1, 0.15) is 56.4 Å². The number of sulfonamides is 1. The fourth-order valence-corrected chi connectivity index (χ4v) is 3.71.